The highest BCUT2D eigenvalue weighted by Crippen LogP contribution is 2.19. The molecule has 0 aliphatic heterocycles. The quantitative estimate of drug-likeness (QED) is 0.489. The van der Waals surface area contributed by atoms with E-state index >= 15 is 0 Å². The van der Waals surface area contributed by atoms with Crippen LogP contribution in [-0.2, 0) is 13.0 Å². The maximum atomic E-state index is 12.6. The minimum Gasteiger partial charge on any atom is -0.489 e. The summed E-state index contributed by atoms with van der Waals surface area (Å²) in [5, 5.41) is 0. The molecular formula is C24H24O2. The Morgan fingerprint density at radius 3 is 2.00 bits per heavy atom. The number of Topliss-reactive ketones (excluding diaryl/α,β-unsaturated/α-hetero) is 1. The van der Waals surface area contributed by atoms with E-state index in [0.717, 1.165) is 29.7 Å². The smallest absolute Gasteiger partial charge is 0.165 e. The fourth-order valence-corrected chi connectivity index (χ4v) is 2.90. The van der Waals surface area contributed by atoms with Crippen molar-refractivity contribution in [2.75, 3.05) is 0 Å². The molecule has 3 aromatic carbocycles. The van der Waals surface area contributed by atoms with Crippen LogP contribution in [0.2, 0.25) is 0 Å². The molecule has 0 N–H and O–H groups in total. The summed E-state index contributed by atoms with van der Waals surface area (Å²) in [5.74, 6) is 0.976. The number of ether oxygens (including phenoxy) is 1. The van der Waals surface area contributed by atoms with Gasteiger partial charge in [0.05, 0.1) is 0 Å². The van der Waals surface area contributed by atoms with Crippen molar-refractivity contribution in [3.63, 3.8) is 0 Å². The van der Waals surface area contributed by atoms with Crippen LogP contribution in [0, 0.1) is 5.92 Å². The van der Waals surface area contributed by atoms with Gasteiger partial charge in [-0.3, -0.25) is 4.79 Å². The monoisotopic (exact) mass is 344 g/mol. The number of rotatable bonds is 8. The zero-order chi connectivity index (χ0) is 18.2. The van der Waals surface area contributed by atoms with E-state index in [4.69, 9.17) is 4.74 Å². The third-order valence-corrected chi connectivity index (χ3v) is 4.54. The van der Waals surface area contributed by atoms with Gasteiger partial charge in [0.25, 0.3) is 0 Å². The maximum absolute atomic E-state index is 12.6. The molecule has 0 aliphatic rings. The van der Waals surface area contributed by atoms with E-state index in [9.17, 15) is 4.79 Å². The zero-order valence-corrected chi connectivity index (χ0v) is 15.1. The lowest BCUT2D eigenvalue weighted by Gasteiger charge is -2.11. The summed E-state index contributed by atoms with van der Waals surface area (Å²) in [4.78, 5) is 12.6. The number of hydrogen-bond acceptors (Lipinski definition) is 2. The van der Waals surface area contributed by atoms with Crippen LogP contribution in [0.4, 0.5) is 0 Å². The summed E-state index contributed by atoms with van der Waals surface area (Å²) >= 11 is 0. The van der Waals surface area contributed by atoms with E-state index in [2.05, 4.69) is 12.1 Å². The fourth-order valence-electron chi connectivity index (χ4n) is 2.90. The number of benzene rings is 3. The van der Waals surface area contributed by atoms with Crippen molar-refractivity contribution in [1.29, 1.82) is 0 Å². The molecule has 2 nitrogen and oxygen atoms in total. The van der Waals surface area contributed by atoms with Gasteiger partial charge in [0, 0.05) is 11.5 Å². The molecule has 0 saturated carbocycles. The molecule has 1 atom stereocenters. The lowest BCUT2D eigenvalue weighted by Crippen LogP contribution is -2.12. The molecule has 26 heavy (non-hydrogen) atoms. The normalized spacial score (nSPS) is 11.7. The Morgan fingerprint density at radius 2 is 1.38 bits per heavy atom. The lowest BCUT2D eigenvalue weighted by molar-refractivity contribution is 0.0924. The zero-order valence-electron chi connectivity index (χ0n) is 15.1. The molecule has 3 aromatic rings. The van der Waals surface area contributed by atoms with Gasteiger partial charge in [-0.2, -0.15) is 0 Å². The molecule has 0 bridgehead atoms. The van der Waals surface area contributed by atoms with Crippen LogP contribution >= 0.6 is 0 Å². The van der Waals surface area contributed by atoms with Gasteiger partial charge in [0.2, 0.25) is 0 Å². The minimum absolute atomic E-state index is 0.00583. The van der Waals surface area contributed by atoms with Gasteiger partial charge in [0.1, 0.15) is 12.4 Å². The molecule has 3 rings (SSSR count). The predicted octanol–water partition coefficient (Wildman–Crippen LogP) is 5.72. The fraction of sp³-hybridized carbons (Fsp3) is 0.208. The van der Waals surface area contributed by atoms with Gasteiger partial charge in [-0.15, -0.1) is 0 Å². The Hall–Kier alpha value is -2.87. The van der Waals surface area contributed by atoms with Crippen molar-refractivity contribution in [3.8, 4) is 5.75 Å². The van der Waals surface area contributed by atoms with Crippen molar-refractivity contribution in [2.24, 2.45) is 5.92 Å². The van der Waals surface area contributed by atoms with Crippen LogP contribution < -0.4 is 4.74 Å². The van der Waals surface area contributed by atoms with E-state index in [1.807, 2.05) is 79.7 Å². The predicted molar refractivity (Wildman–Crippen MR) is 105 cm³/mol. The Labute approximate surface area is 155 Å². The van der Waals surface area contributed by atoms with E-state index in [1.54, 1.807) is 0 Å². The summed E-state index contributed by atoms with van der Waals surface area (Å²) in [6, 6.07) is 27.8. The summed E-state index contributed by atoms with van der Waals surface area (Å²) in [6.07, 6.45) is 1.78. The topological polar surface area (TPSA) is 26.3 Å². The third-order valence-electron chi connectivity index (χ3n) is 4.54. The number of carbonyl (C=O) groups is 1. The van der Waals surface area contributed by atoms with Crippen molar-refractivity contribution in [3.05, 3.63) is 102 Å². The first kappa shape index (κ1) is 17.9. The van der Waals surface area contributed by atoms with E-state index < -0.39 is 0 Å². The molecule has 0 unspecified atom stereocenters. The van der Waals surface area contributed by atoms with E-state index in [1.165, 1.54) is 5.56 Å². The van der Waals surface area contributed by atoms with Gasteiger partial charge in [0.15, 0.2) is 5.78 Å². The largest absolute Gasteiger partial charge is 0.489 e. The standard InChI is InChI=1S/C24H24O2/c1-19(12-13-20-8-4-2-5-9-20)24(25)22-14-16-23(17-15-22)26-18-21-10-6-3-7-11-21/h2-11,14-17,19H,12-13,18H2,1H3/t19-/m1/s1. The van der Waals surface area contributed by atoms with Crippen molar-refractivity contribution in [1.82, 2.24) is 0 Å². The Balaban J connectivity index is 1.52. The number of carbonyl (C=O) groups excluding carboxylic acids is 1. The Kier molecular flexibility index (Phi) is 6.21. The van der Waals surface area contributed by atoms with Crippen molar-refractivity contribution < 1.29 is 9.53 Å². The Bertz CT molecular complexity index is 808. The molecule has 2 heteroatoms. The van der Waals surface area contributed by atoms with Gasteiger partial charge >= 0.3 is 0 Å². The average Bonchev–Trinajstić information content (AvgIpc) is 2.72. The van der Waals surface area contributed by atoms with Gasteiger partial charge < -0.3 is 4.74 Å². The SMILES string of the molecule is C[C@H](CCc1ccccc1)C(=O)c1ccc(OCc2ccccc2)cc1. The molecule has 0 aliphatic carbocycles. The van der Waals surface area contributed by atoms with Gasteiger partial charge in [-0.05, 0) is 48.2 Å². The summed E-state index contributed by atoms with van der Waals surface area (Å²) in [5.41, 5.74) is 3.15. The van der Waals surface area contributed by atoms with Crippen LogP contribution in [0.1, 0.15) is 34.8 Å². The van der Waals surface area contributed by atoms with Crippen LogP contribution in [-0.4, -0.2) is 5.78 Å². The highest BCUT2D eigenvalue weighted by molar-refractivity contribution is 5.97. The first-order valence-corrected chi connectivity index (χ1v) is 9.07. The second-order valence-electron chi connectivity index (χ2n) is 6.59. The molecule has 0 amide bonds. The molecule has 0 radical (unpaired) electrons. The lowest BCUT2D eigenvalue weighted by atomic mass is 9.93. The highest BCUT2D eigenvalue weighted by Gasteiger charge is 2.15. The van der Waals surface area contributed by atoms with Crippen molar-refractivity contribution in [2.45, 2.75) is 26.4 Å². The molecule has 0 saturated heterocycles. The van der Waals surface area contributed by atoms with Crippen LogP contribution in [0.25, 0.3) is 0 Å². The third kappa shape index (κ3) is 5.06. The molecule has 132 valence electrons. The van der Waals surface area contributed by atoms with E-state index in [0.29, 0.717) is 6.61 Å². The molecule has 0 heterocycles. The minimum atomic E-state index is 0.00583. The summed E-state index contributed by atoms with van der Waals surface area (Å²) < 4.78 is 5.78. The van der Waals surface area contributed by atoms with E-state index in [-0.39, 0.29) is 11.7 Å². The molecule has 0 fully saturated rings. The number of aryl methyl sites for hydroxylation is 1. The second kappa shape index (κ2) is 9.00. The molecular weight excluding hydrogens is 320 g/mol. The first-order valence-electron chi connectivity index (χ1n) is 9.07. The van der Waals surface area contributed by atoms with Crippen molar-refractivity contribution >= 4 is 5.78 Å². The van der Waals surface area contributed by atoms with Crippen LogP contribution in [0.3, 0.4) is 0 Å². The van der Waals surface area contributed by atoms with Crippen LogP contribution in [0.15, 0.2) is 84.9 Å². The Morgan fingerprint density at radius 1 is 0.808 bits per heavy atom. The maximum Gasteiger partial charge on any atom is 0.165 e. The number of hydrogen-bond donors (Lipinski definition) is 0. The van der Waals surface area contributed by atoms with Crippen LogP contribution in [0.5, 0.6) is 5.75 Å². The molecule has 0 aromatic heterocycles. The van der Waals surface area contributed by atoms with Gasteiger partial charge in [-0.1, -0.05) is 67.6 Å². The summed E-state index contributed by atoms with van der Waals surface area (Å²) in [7, 11) is 0. The summed E-state index contributed by atoms with van der Waals surface area (Å²) in [6.45, 7) is 2.53. The average molecular weight is 344 g/mol. The molecule has 0 spiro atoms. The second-order valence-corrected chi connectivity index (χ2v) is 6.59. The number of ketones is 1. The highest BCUT2D eigenvalue weighted by atomic mass is 16.5. The van der Waals surface area contributed by atoms with Gasteiger partial charge in [-0.25, -0.2) is 0 Å². The first-order chi connectivity index (χ1) is 12.7.